The van der Waals surface area contributed by atoms with Gasteiger partial charge in [0.2, 0.25) is 5.91 Å². The van der Waals surface area contributed by atoms with Crippen molar-refractivity contribution >= 4 is 17.5 Å². The normalized spacial score (nSPS) is 13.2. The molecule has 1 aromatic rings. The van der Waals surface area contributed by atoms with E-state index >= 15 is 0 Å². The van der Waals surface area contributed by atoms with Gasteiger partial charge in [0, 0.05) is 12.5 Å². The number of nitrogens with two attached hydrogens (primary N) is 1. The van der Waals surface area contributed by atoms with E-state index in [1.54, 1.807) is 18.2 Å². The lowest BCUT2D eigenvalue weighted by Gasteiger charge is -2.18. The predicted octanol–water partition coefficient (Wildman–Crippen LogP) is 0.662. The van der Waals surface area contributed by atoms with E-state index in [4.69, 9.17) is 15.2 Å². The van der Waals surface area contributed by atoms with Crippen LogP contribution in [0, 0.1) is 0 Å². The second-order valence-electron chi connectivity index (χ2n) is 3.91. The lowest BCUT2D eigenvalue weighted by molar-refractivity contribution is -0.119. The van der Waals surface area contributed by atoms with Crippen LogP contribution in [0.5, 0.6) is 11.5 Å². The van der Waals surface area contributed by atoms with Gasteiger partial charge in [0.15, 0.2) is 6.61 Å². The summed E-state index contributed by atoms with van der Waals surface area (Å²) < 4.78 is 10.7. The molecule has 0 aliphatic carbocycles. The van der Waals surface area contributed by atoms with Crippen molar-refractivity contribution in [3.05, 3.63) is 18.2 Å². The molecule has 6 nitrogen and oxygen atoms in total. The van der Waals surface area contributed by atoms with Crippen molar-refractivity contribution < 1.29 is 19.1 Å². The van der Waals surface area contributed by atoms with E-state index in [2.05, 4.69) is 5.32 Å². The van der Waals surface area contributed by atoms with E-state index in [9.17, 15) is 9.59 Å². The Morgan fingerprint density at radius 3 is 3.11 bits per heavy atom. The predicted molar refractivity (Wildman–Crippen MR) is 64.5 cm³/mol. The summed E-state index contributed by atoms with van der Waals surface area (Å²) in [5.74, 6) is 0.709. The second-order valence-corrected chi connectivity index (χ2v) is 3.91. The molecule has 0 fully saturated rings. The molecular formula is C12H14N2O4. The molecule has 0 aromatic heterocycles. The Balaban J connectivity index is 1.92. The number of rotatable bonds is 5. The first-order chi connectivity index (χ1) is 8.65. The van der Waals surface area contributed by atoms with Gasteiger partial charge < -0.3 is 20.5 Å². The second kappa shape index (κ2) is 5.39. The van der Waals surface area contributed by atoms with E-state index in [1.807, 2.05) is 0 Å². The van der Waals surface area contributed by atoms with Gasteiger partial charge in [0.05, 0.1) is 12.3 Å². The minimum Gasteiger partial charge on any atom is -0.494 e. The minimum absolute atomic E-state index is 0.0335. The fraction of sp³-hybridized carbons (Fsp3) is 0.333. The van der Waals surface area contributed by atoms with Crippen molar-refractivity contribution in [1.29, 1.82) is 0 Å². The molecule has 0 radical (unpaired) electrons. The first-order valence-electron chi connectivity index (χ1n) is 5.63. The summed E-state index contributed by atoms with van der Waals surface area (Å²) in [5.41, 5.74) is 5.62. The van der Waals surface area contributed by atoms with Crippen LogP contribution in [-0.2, 0) is 9.59 Å². The summed E-state index contributed by atoms with van der Waals surface area (Å²) in [7, 11) is 0. The summed E-state index contributed by atoms with van der Waals surface area (Å²) in [5, 5.41) is 2.69. The van der Waals surface area contributed by atoms with Crippen molar-refractivity contribution in [3.63, 3.8) is 0 Å². The quantitative estimate of drug-likeness (QED) is 0.751. The van der Waals surface area contributed by atoms with Gasteiger partial charge in [-0.2, -0.15) is 0 Å². The van der Waals surface area contributed by atoms with Crippen LogP contribution in [0.15, 0.2) is 18.2 Å². The van der Waals surface area contributed by atoms with Crippen LogP contribution in [0.3, 0.4) is 0 Å². The molecule has 18 heavy (non-hydrogen) atoms. The van der Waals surface area contributed by atoms with E-state index < -0.39 is 0 Å². The number of carbonyl (C=O) groups excluding carboxylic acids is 2. The molecule has 96 valence electrons. The van der Waals surface area contributed by atoms with Gasteiger partial charge in [-0.15, -0.1) is 0 Å². The van der Waals surface area contributed by atoms with Gasteiger partial charge in [-0.25, -0.2) is 0 Å². The fourth-order valence-electron chi connectivity index (χ4n) is 1.59. The summed E-state index contributed by atoms with van der Waals surface area (Å²) in [4.78, 5) is 21.7. The molecule has 6 heteroatoms. The highest BCUT2D eigenvalue weighted by Crippen LogP contribution is 2.31. The van der Waals surface area contributed by atoms with Crippen LogP contribution in [-0.4, -0.2) is 25.0 Å². The highest BCUT2D eigenvalue weighted by Gasteiger charge is 2.16. The van der Waals surface area contributed by atoms with Crippen molar-refractivity contribution in [1.82, 2.24) is 0 Å². The maximum absolute atomic E-state index is 11.1. The van der Waals surface area contributed by atoms with Gasteiger partial charge in [0.25, 0.3) is 5.91 Å². The molecule has 1 heterocycles. The number of primary amides is 1. The lowest BCUT2D eigenvalue weighted by Crippen LogP contribution is -2.25. The van der Waals surface area contributed by atoms with Crippen LogP contribution >= 0.6 is 0 Å². The average molecular weight is 250 g/mol. The van der Waals surface area contributed by atoms with Crippen molar-refractivity contribution in [3.8, 4) is 11.5 Å². The number of amides is 2. The van der Waals surface area contributed by atoms with E-state index in [-0.39, 0.29) is 18.4 Å². The molecular weight excluding hydrogens is 236 g/mol. The molecule has 0 saturated carbocycles. The van der Waals surface area contributed by atoms with E-state index in [0.717, 1.165) is 0 Å². The molecule has 0 bridgehead atoms. The Kier molecular flexibility index (Phi) is 3.66. The van der Waals surface area contributed by atoms with Gasteiger partial charge in [-0.05, 0) is 18.6 Å². The van der Waals surface area contributed by atoms with Crippen molar-refractivity contribution in [2.24, 2.45) is 5.73 Å². The standard InChI is InChI=1S/C12H14N2O4/c13-11(15)2-1-5-17-8-3-4-10-9(6-8)14-12(16)7-18-10/h3-4,6H,1-2,5,7H2,(H2,13,15)(H,14,16). The number of carbonyl (C=O) groups is 2. The Hall–Kier alpha value is -2.24. The SMILES string of the molecule is NC(=O)CCCOc1ccc2c(c1)NC(=O)CO2. The number of benzene rings is 1. The third-order valence-corrected chi connectivity index (χ3v) is 2.42. The highest BCUT2D eigenvalue weighted by molar-refractivity contribution is 5.95. The molecule has 0 atom stereocenters. The van der Waals surface area contributed by atoms with Gasteiger partial charge in [-0.3, -0.25) is 9.59 Å². The smallest absolute Gasteiger partial charge is 0.262 e. The number of fused-ring (bicyclic) bond motifs is 1. The molecule has 0 unspecified atom stereocenters. The summed E-state index contributed by atoms with van der Waals surface area (Å²) >= 11 is 0. The fourth-order valence-corrected chi connectivity index (χ4v) is 1.59. The van der Waals surface area contributed by atoms with Crippen LogP contribution in [0.4, 0.5) is 5.69 Å². The Morgan fingerprint density at radius 1 is 1.50 bits per heavy atom. The van der Waals surface area contributed by atoms with Gasteiger partial charge in [0.1, 0.15) is 11.5 Å². The van der Waals surface area contributed by atoms with Gasteiger partial charge >= 0.3 is 0 Å². The molecule has 2 amide bonds. The third kappa shape index (κ3) is 3.13. The van der Waals surface area contributed by atoms with Crippen molar-refractivity contribution in [2.45, 2.75) is 12.8 Å². The topological polar surface area (TPSA) is 90.7 Å². The minimum atomic E-state index is -0.343. The summed E-state index contributed by atoms with van der Waals surface area (Å²) in [6, 6.07) is 5.18. The zero-order valence-corrected chi connectivity index (χ0v) is 9.77. The number of ether oxygens (including phenoxy) is 2. The third-order valence-electron chi connectivity index (χ3n) is 2.42. The lowest BCUT2D eigenvalue weighted by atomic mass is 10.2. The maximum atomic E-state index is 11.1. The first-order valence-corrected chi connectivity index (χ1v) is 5.63. The largest absolute Gasteiger partial charge is 0.494 e. The first kappa shape index (κ1) is 12.2. The molecule has 1 aromatic carbocycles. The summed E-state index contributed by atoms with van der Waals surface area (Å²) in [6.07, 6.45) is 0.861. The maximum Gasteiger partial charge on any atom is 0.262 e. The highest BCUT2D eigenvalue weighted by atomic mass is 16.5. The van der Waals surface area contributed by atoms with Gasteiger partial charge in [-0.1, -0.05) is 0 Å². The van der Waals surface area contributed by atoms with E-state index in [0.29, 0.717) is 36.6 Å². The Labute approximate surface area is 104 Å². The van der Waals surface area contributed by atoms with E-state index in [1.165, 1.54) is 0 Å². The molecule has 0 saturated heterocycles. The molecule has 2 rings (SSSR count). The molecule has 3 N–H and O–H groups in total. The zero-order valence-electron chi connectivity index (χ0n) is 9.77. The van der Waals surface area contributed by atoms with Crippen LogP contribution in [0.1, 0.15) is 12.8 Å². The van der Waals surface area contributed by atoms with Crippen molar-refractivity contribution in [2.75, 3.05) is 18.5 Å². The Morgan fingerprint density at radius 2 is 2.33 bits per heavy atom. The number of hydrogen-bond acceptors (Lipinski definition) is 4. The number of anilines is 1. The average Bonchev–Trinajstić information content (AvgIpc) is 2.34. The van der Waals surface area contributed by atoms with Crippen LogP contribution in [0.2, 0.25) is 0 Å². The number of hydrogen-bond donors (Lipinski definition) is 2. The molecule has 1 aliphatic heterocycles. The molecule has 1 aliphatic rings. The Bertz CT molecular complexity index is 473. The zero-order chi connectivity index (χ0) is 13.0. The monoisotopic (exact) mass is 250 g/mol. The molecule has 0 spiro atoms. The summed E-state index contributed by atoms with van der Waals surface area (Å²) in [6.45, 7) is 0.433. The number of nitrogens with one attached hydrogen (secondary N) is 1. The van der Waals surface area contributed by atoms with Crippen LogP contribution in [0.25, 0.3) is 0 Å². The van der Waals surface area contributed by atoms with Crippen LogP contribution < -0.4 is 20.5 Å².